The molecule has 3 heterocycles. The number of carbonyl (C=O) groups excluding carboxylic acids is 2. The van der Waals surface area contributed by atoms with E-state index in [0.717, 1.165) is 19.6 Å². The highest BCUT2D eigenvalue weighted by Crippen LogP contribution is 2.40. The molecule has 1 aromatic heterocycles. The summed E-state index contributed by atoms with van der Waals surface area (Å²) in [6.07, 6.45) is 2.02. The molecule has 1 atom stereocenters. The minimum Gasteiger partial charge on any atom is -0.507 e. The normalized spacial score (nSPS) is 21.1. The van der Waals surface area contributed by atoms with Crippen LogP contribution in [0.3, 0.4) is 0 Å². The van der Waals surface area contributed by atoms with E-state index in [1.807, 2.05) is 0 Å². The molecule has 0 radical (unpaired) electrons. The van der Waals surface area contributed by atoms with Crippen molar-refractivity contribution in [3.8, 4) is 0 Å². The van der Waals surface area contributed by atoms with E-state index in [1.165, 1.54) is 23.2 Å². The number of hydrogen-bond acceptors (Lipinski definition) is 7. The van der Waals surface area contributed by atoms with Crippen LogP contribution in [-0.4, -0.2) is 76.0 Å². The monoisotopic (exact) mass is 454 g/mol. The van der Waals surface area contributed by atoms with Crippen molar-refractivity contribution in [2.75, 3.05) is 39.4 Å². The van der Waals surface area contributed by atoms with Gasteiger partial charge in [0.1, 0.15) is 17.4 Å². The fraction of sp³-hybridized carbons (Fsp3) is 0.417. The molecule has 0 spiro atoms. The standard InChI is InChI=1S/C24H27FN4O4/c1-15-18(14-26-16(2)27-15)22(30)20-21(17-6-3-4-7-19(17)25)29(24(32)23(20)31)9-5-8-28-10-12-33-13-11-28/h3-4,6-7,14,21,30H,5,8-13H2,1-2H3/b22-20+. The maximum atomic E-state index is 14.9. The molecule has 2 saturated heterocycles. The van der Waals surface area contributed by atoms with Crippen molar-refractivity contribution < 1.29 is 23.8 Å². The lowest BCUT2D eigenvalue weighted by atomic mass is 9.95. The highest BCUT2D eigenvalue weighted by atomic mass is 19.1. The molecule has 9 heteroatoms. The van der Waals surface area contributed by atoms with E-state index in [0.29, 0.717) is 31.2 Å². The first-order chi connectivity index (χ1) is 15.9. The Hall–Kier alpha value is -3.17. The Morgan fingerprint density at radius 3 is 2.61 bits per heavy atom. The summed E-state index contributed by atoms with van der Waals surface area (Å²) >= 11 is 0. The molecular formula is C24H27FN4O4. The average Bonchev–Trinajstić information content (AvgIpc) is 3.04. The fourth-order valence-electron chi connectivity index (χ4n) is 4.38. The fourth-order valence-corrected chi connectivity index (χ4v) is 4.38. The van der Waals surface area contributed by atoms with Crippen LogP contribution in [-0.2, 0) is 14.3 Å². The minimum absolute atomic E-state index is 0.146. The van der Waals surface area contributed by atoms with Crippen LogP contribution in [0.1, 0.15) is 35.1 Å². The predicted molar refractivity (Wildman–Crippen MR) is 119 cm³/mol. The third kappa shape index (κ3) is 4.65. The third-order valence-electron chi connectivity index (χ3n) is 6.07. The molecule has 1 N–H and O–H groups in total. The molecule has 2 aliphatic rings. The Balaban J connectivity index is 1.71. The lowest BCUT2D eigenvalue weighted by Crippen LogP contribution is -2.39. The van der Waals surface area contributed by atoms with Crippen molar-refractivity contribution in [3.05, 3.63) is 64.5 Å². The van der Waals surface area contributed by atoms with Crippen LogP contribution in [0.4, 0.5) is 4.39 Å². The largest absolute Gasteiger partial charge is 0.507 e. The third-order valence-corrected chi connectivity index (χ3v) is 6.07. The Morgan fingerprint density at radius 1 is 1.18 bits per heavy atom. The van der Waals surface area contributed by atoms with E-state index in [2.05, 4.69) is 14.9 Å². The summed E-state index contributed by atoms with van der Waals surface area (Å²) in [5.41, 5.74) is 0.724. The highest BCUT2D eigenvalue weighted by Gasteiger charge is 2.46. The molecule has 2 aliphatic heterocycles. The Morgan fingerprint density at radius 2 is 1.91 bits per heavy atom. The number of carbonyl (C=O) groups is 2. The van der Waals surface area contributed by atoms with Gasteiger partial charge in [0.05, 0.1) is 36.1 Å². The lowest BCUT2D eigenvalue weighted by Gasteiger charge is -2.29. The number of morpholine rings is 1. The smallest absolute Gasteiger partial charge is 0.295 e. The Kier molecular flexibility index (Phi) is 6.80. The van der Waals surface area contributed by atoms with Crippen molar-refractivity contribution >= 4 is 17.4 Å². The predicted octanol–water partition coefficient (Wildman–Crippen LogP) is 2.38. The van der Waals surface area contributed by atoms with Crippen molar-refractivity contribution in [3.63, 3.8) is 0 Å². The maximum Gasteiger partial charge on any atom is 0.295 e. The summed E-state index contributed by atoms with van der Waals surface area (Å²) in [6, 6.07) is 4.97. The SMILES string of the molecule is Cc1ncc(/C(O)=C2\C(=O)C(=O)N(CCCN3CCOCC3)C2c2ccccc2F)c(C)n1. The van der Waals surface area contributed by atoms with Gasteiger partial charge in [-0.2, -0.15) is 0 Å². The van der Waals surface area contributed by atoms with Crippen LogP contribution in [0, 0.1) is 19.7 Å². The van der Waals surface area contributed by atoms with E-state index in [4.69, 9.17) is 4.74 Å². The zero-order valence-corrected chi connectivity index (χ0v) is 18.8. The molecular weight excluding hydrogens is 427 g/mol. The van der Waals surface area contributed by atoms with Crippen LogP contribution in [0.2, 0.25) is 0 Å². The van der Waals surface area contributed by atoms with Crippen LogP contribution in [0.25, 0.3) is 5.76 Å². The van der Waals surface area contributed by atoms with Gasteiger partial charge in [-0.25, -0.2) is 14.4 Å². The first kappa shape index (κ1) is 23.0. The van der Waals surface area contributed by atoms with E-state index in [-0.39, 0.29) is 23.2 Å². The summed E-state index contributed by atoms with van der Waals surface area (Å²) in [7, 11) is 0. The molecule has 1 aromatic carbocycles. The number of likely N-dealkylation sites (tertiary alicyclic amines) is 1. The zero-order chi connectivity index (χ0) is 23.5. The molecule has 0 aliphatic carbocycles. The summed E-state index contributed by atoms with van der Waals surface area (Å²) < 4.78 is 20.2. The molecule has 8 nitrogen and oxygen atoms in total. The number of nitrogens with zero attached hydrogens (tertiary/aromatic N) is 4. The number of benzene rings is 1. The number of aliphatic hydroxyl groups excluding tert-OH is 1. The Labute approximate surface area is 191 Å². The topological polar surface area (TPSA) is 95.9 Å². The van der Waals surface area contributed by atoms with Gasteiger partial charge in [-0.05, 0) is 26.3 Å². The van der Waals surface area contributed by atoms with Gasteiger partial charge in [-0.3, -0.25) is 14.5 Å². The number of aromatic nitrogens is 2. The first-order valence-electron chi connectivity index (χ1n) is 11.0. The van der Waals surface area contributed by atoms with Gasteiger partial charge in [0, 0.05) is 37.9 Å². The number of ketones is 1. The van der Waals surface area contributed by atoms with Crippen molar-refractivity contribution in [2.45, 2.75) is 26.3 Å². The number of rotatable bonds is 6. The number of amides is 1. The van der Waals surface area contributed by atoms with Gasteiger partial charge in [0.25, 0.3) is 11.7 Å². The average molecular weight is 455 g/mol. The molecule has 174 valence electrons. The summed E-state index contributed by atoms with van der Waals surface area (Å²) in [5.74, 6) is -2.03. The van der Waals surface area contributed by atoms with Gasteiger partial charge in [-0.1, -0.05) is 18.2 Å². The van der Waals surface area contributed by atoms with Gasteiger partial charge in [-0.15, -0.1) is 0 Å². The molecule has 33 heavy (non-hydrogen) atoms. The van der Waals surface area contributed by atoms with Gasteiger partial charge in [0.2, 0.25) is 0 Å². The van der Waals surface area contributed by atoms with Gasteiger partial charge < -0.3 is 14.7 Å². The van der Waals surface area contributed by atoms with Crippen molar-refractivity contribution in [1.29, 1.82) is 0 Å². The van der Waals surface area contributed by atoms with Crippen LogP contribution < -0.4 is 0 Å². The second-order valence-electron chi connectivity index (χ2n) is 8.24. The summed E-state index contributed by atoms with van der Waals surface area (Å²) in [6.45, 7) is 7.31. The van der Waals surface area contributed by atoms with Crippen LogP contribution in [0.15, 0.2) is 36.0 Å². The second-order valence-corrected chi connectivity index (χ2v) is 8.24. The summed E-state index contributed by atoms with van der Waals surface area (Å²) in [5, 5.41) is 11.1. The number of aryl methyl sites for hydroxylation is 2. The Bertz CT molecular complexity index is 1100. The molecule has 2 aromatic rings. The minimum atomic E-state index is -1.03. The van der Waals surface area contributed by atoms with Crippen molar-refractivity contribution in [1.82, 2.24) is 19.8 Å². The lowest BCUT2D eigenvalue weighted by molar-refractivity contribution is -0.140. The number of Topliss-reactive ketones (excluding diaryl/α,β-unsaturated/α-hetero) is 1. The van der Waals surface area contributed by atoms with E-state index < -0.39 is 29.3 Å². The highest BCUT2D eigenvalue weighted by molar-refractivity contribution is 6.46. The molecule has 0 saturated carbocycles. The zero-order valence-electron chi connectivity index (χ0n) is 18.8. The number of hydrogen-bond donors (Lipinski definition) is 1. The molecule has 2 fully saturated rings. The van der Waals surface area contributed by atoms with Gasteiger partial charge >= 0.3 is 0 Å². The molecule has 4 rings (SSSR count). The van der Waals surface area contributed by atoms with Crippen LogP contribution >= 0.6 is 0 Å². The summed E-state index contributed by atoms with van der Waals surface area (Å²) in [4.78, 5) is 38.0. The molecule has 1 amide bonds. The van der Waals surface area contributed by atoms with Crippen LogP contribution in [0.5, 0.6) is 0 Å². The maximum absolute atomic E-state index is 14.9. The van der Waals surface area contributed by atoms with Crippen molar-refractivity contribution in [2.24, 2.45) is 0 Å². The van der Waals surface area contributed by atoms with Gasteiger partial charge in [0.15, 0.2) is 0 Å². The quantitative estimate of drug-likeness (QED) is 0.407. The van der Waals surface area contributed by atoms with E-state index in [1.54, 1.807) is 26.0 Å². The number of halogens is 1. The second kappa shape index (κ2) is 9.76. The number of ether oxygens (including phenoxy) is 1. The molecule has 1 unspecified atom stereocenters. The van der Waals surface area contributed by atoms with E-state index in [9.17, 15) is 19.1 Å². The first-order valence-corrected chi connectivity index (χ1v) is 11.0. The number of aliphatic hydroxyl groups is 1. The van der Waals surface area contributed by atoms with E-state index >= 15 is 0 Å². The molecule has 0 bridgehead atoms.